The maximum atomic E-state index is 10.4. The molecule has 0 amide bonds. The van der Waals surface area contributed by atoms with Crippen LogP contribution in [0.25, 0.3) is 33.1 Å². The Labute approximate surface area is 140 Å². The van der Waals surface area contributed by atoms with E-state index in [-0.39, 0.29) is 5.88 Å². The average Bonchev–Trinajstić information content (AvgIpc) is 2.90. The highest BCUT2D eigenvalue weighted by atomic mass is 16.3. The first-order chi connectivity index (χ1) is 11.6. The fourth-order valence-electron chi connectivity index (χ4n) is 3.12. The topological polar surface area (TPSA) is 60.9 Å². The summed E-state index contributed by atoms with van der Waals surface area (Å²) in [6, 6.07) is 18.2. The van der Waals surface area contributed by atoms with Crippen molar-refractivity contribution in [3.8, 4) is 17.1 Å². The van der Waals surface area contributed by atoms with E-state index in [1.165, 1.54) is 0 Å². The molecule has 0 fully saturated rings. The van der Waals surface area contributed by atoms with Crippen LogP contribution in [0, 0.1) is 0 Å². The van der Waals surface area contributed by atoms with Crippen LogP contribution in [0.5, 0.6) is 5.88 Å². The van der Waals surface area contributed by atoms with Gasteiger partial charge in [-0.15, -0.1) is 0 Å². The number of hydrogen-bond donors (Lipinski definition) is 3. The number of nitrogens with one attached hydrogen (secondary N) is 2. The van der Waals surface area contributed by atoms with Gasteiger partial charge in [0.2, 0.25) is 0 Å². The summed E-state index contributed by atoms with van der Waals surface area (Å²) in [5, 5.41) is 15.9. The van der Waals surface area contributed by atoms with Gasteiger partial charge in [-0.3, -0.25) is 0 Å². The van der Waals surface area contributed by atoms with Gasteiger partial charge in [-0.1, -0.05) is 36.4 Å². The van der Waals surface area contributed by atoms with Gasteiger partial charge in [0.15, 0.2) is 5.88 Å². The number of benzene rings is 2. The second-order valence-corrected chi connectivity index (χ2v) is 6.27. The molecule has 0 atom stereocenters. The van der Waals surface area contributed by atoms with E-state index in [9.17, 15) is 5.11 Å². The Morgan fingerprint density at radius 3 is 2.50 bits per heavy atom. The van der Waals surface area contributed by atoms with E-state index < -0.39 is 0 Å². The molecule has 0 unspecified atom stereocenters. The average molecular weight is 317 g/mol. The number of rotatable bonds is 3. The van der Waals surface area contributed by atoms with Crippen LogP contribution in [0.15, 0.2) is 54.6 Å². The van der Waals surface area contributed by atoms with Gasteiger partial charge in [0.05, 0.1) is 16.8 Å². The molecule has 4 heteroatoms. The molecule has 2 aromatic carbocycles. The van der Waals surface area contributed by atoms with Crippen LogP contribution in [-0.4, -0.2) is 21.1 Å². The first-order valence-electron chi connectivity index (χ1n) is 8.10. The van der Waals surface area contributed by atoms with Crippen molar-refractivity contribution >= 4 is 27.5 Å². The summed E-state index contributed by atoms with van der Waals surface area (Å²) in [5.74, 6) is 0.148. The Hall–Kier alpha value is -3.01. The van der Waals surface area contributed by atoms with Gasteiger partial charge in [0.25, 0.3) is 0 Å². The Balaban J connectivity index is 2.01. The predicted octanol–water partition coefficient (Wildman–Crippen LogP) is 4.91. The first-order valence-corrected chi connectivity index (χ1v) is 8.10. The number of hydrogen-bond acceptors (Lipinski definition) is 3. The molecule has 0 radical (unpaired) electrons. The summed E-state index contributed by atoms with van der Waals surface area (Å²) in [7, 11) is 0. The molecule has 4 rings (SSSR count). The minimum Gasteiger partial charge on any atom is -0.494 e. The summed E-state index contributed by atoms with van der Waals surface area (Å²) in [5.41, 5.74) is 4.33. The zero-order valence-electron chi connectivity index (χ0n) is 13.7. The standard InChI is InChI=1S/C20H19N3O/c1-12(2)21-17-11-18(22-15-9-5-3-7-13(15)17)19-14-8-4-6-10-16(14)23-20(19)24/h3-12,23-24H,1-2H3,(H,21,22). The number of aromatic nitrogens is 2. The lowest BCUT2D eigenvalue weighted by Gasteiger charge is -2.14. The second kappa shape index (κ2) is 5.57. The molecule has 2 aromatic heterocycles. The number of anilines is 1. The van der Waals surface area contributed by atoms with E-state index in [0.29, 0.717) is 6.04 Å². The lowest BCUT2D eigenvalue weighted by molar-refractivity contribution is 0.460. The van der Waals surface area contributed by atoms with Crippen molar-refractivity contribution in [1.82, 2.24) is 9.97 Å². The van der Waals surface area contributed by atoms with E-state index in [4.69, 9.17) is 4.98 Å². The molecular weight excluding hydrogens is 298 g/mol. The van der Waals surface area contributed by atoms with Crippen LogP contribution >= 0.6 is 0 Å². The van der Waals surface area contributed by atoms with Gasteiger partial charge >= 0.3 is 0 Å². The number of aromatic amines is 1. The minimum absolute atomic E-state index is 0.148. The Kier molecular flexibility index (Phi) is 3.38. The molecule has 0 aliphatic carbocycles. The van der Waals surface area contributed by atoms with Crippen molar-refractivity contribution in [3.05, 3.63) is 54.6 Å². The highest BCUT2D eigenvalue weighted by molar-refractivity contribution is 6.01. The van der Waals surface area contributed by atoms with Crippen LogP contribution in [0.1, 0.15) is 13.8 Å². The zero-order chi connectivity index (χ0) is 16.7. The van der Waals surface area contributed by atoms with Crippen LogP contribution in [-0.2, 0) is 0 Å². The molecule has 120 valence electrons. The fourth-order valence-corrected chi connectivity index (χ4v) is 3.12. The molecule has 0 saturated heterocycles. The maximum absolute atomic E-state index is 10.4. The molecule has 4 aromatic rings. The molecule has 0 aliphatic rings. The summed E-state index contributed by atoms with van der Waals surface area (Å²) in [4.78, 5) is 7.81. The van der Waals surface area contributed by atoms with E-state index in [1.54, 1.807) is 0 Å². The van der Waals surface area contributed by atoms with E-state index >= 15 is 0 Å². The summed E-state index contributed by atoms with van der Waals surface area (Å²) >= 11 is 0. The quantitative estimate of drug-likeness (QED) is 0.503. The summed E-state index contributed by atoms with van der Waals surface area (Å²) in [6.45, 7) is 4.22. The smallest absolute Gasteiger partial charge is 0.199 e. The second-order valence-electron chi connectivity index (χ2n) is 6.27. The molecular formula is C20H19N3O. The van der Waals surface area contributed by atoms with Crippen LogP contribution < -0.4 is 5.32 Å². The SMILES string of the molecule is CC(C)Nc1cc(-c2c(O)[nH]c3ccccc23)nc2ccccc12. The normalized spacial score (nSPS) is 11.5. The zero-order valence-corrected chi connectivity index (χ0v) is 13.7. The van der Waals surface area contributed by atoms with Gasteiger partial charge in [-0.25, -0.2) is 4.98 Å². The van der Waals surface area contributed by atoms with Crippen LogP contribution in [0.3, 0.4) is 0 Å². The Morgan fingerprint density at radius 1 is 1.00 bits per heavy atom. The number of fused-ring (bicyclic) bond motifs is 2. The molecule has 0 saturated carbocycles. The monoisotopic (exact) mass is 317 g/mol. The number of nitrogens with zero attached hydrogens (tertiary/aromatic N) is 1. The fraction of sp³-hybridized carbons (Fsp3) is 0.150. The van der Waals surface area contributed by atoms with Crippen molar-refractivity contribution in [2.45, 2.75) is 19.9 Å². The summed E-state index contributed by atoms with van der Waals surface area (Å²) < 4.78 is 0. The third-order valence-electron chi connectivity index (χ3n) is 4.10. The lowest BCUT2D eigenvalue weighted by atomic mass is 10.1. The molecule has 0 spiro atoms. The molecule has 2 heterocycles. The largest absolute Gasteiger partial charge is 0.494 e. The predicted molar refractivity (Wildman–Crippen MR) is 99.5 cm³/mol. The molecule has 24 heavy (non-hydrogen) atoms. The number of para-hydroxylation sites is 2. The molecule has 0 bridgehead atoms. The van der Waals surface area contributed by atoms with Gasteiger partial charge in [0.1, 0.15) is 0 Å². The summed E-state index contributed by atoms with van der Waals surface area (Å²) in [6.07, 6.45) is 0. The van der Waals surface area contributed by atoms with E-state index in [2.05, 4.69) is 30.2 Å². The molecule has 3 N–H and O–H groups in total. The third kappa shape index (κ3) is 2.36. The maximum Gasteiger partial charge on any atom is 0.199 e. The third-order valence-corrected chi connectivity index (χ3v) is 4.10. The number of aromatic hydroxyl groups is 1. The van der Waals surface area contributed by atoms with Gasteiger partial charge < -0.3 is 15.4 Å². The van der Waals surface area contributed by atoms with Crippen molar-refractivity contribution in [1.29, 1.82) is 0 Å². The molecule has 4 nitrogen and oxygen atoms in total. The van der Waals surface area contributed by atoms with Gasteiger partial charge in [-0.05, 0) is 32.0 Å². The number of H-pyrrole nitrogens is 1. The van der Waals surface area contributed by atoms with Crippen molar-refractivity contribution in [2.24, 2.45) is 0 Å². The number of pyridine rings is 1. The lowest BCUT2D eigenvalue weighted by Crippen LogP contribution is -2.10. The Morgan fingerprint density at radius 2 is 1.71 bits per heavy atom. The van der Waals surface area contributed by atoms with Crippen LogP contribution in [0.4, 0.5) is 5.69 Å². The van der Waals surface area contributed by atoms with Gasteiger partial charge in [0, 0.05) is 28.0 Å². The van der Waals surface area contributed by atoms with Gasteiger partial charge in [-0.2, -0.15) is 0 Å². The highest BCUT2D eigenvalue weighted by Gasteiger charge is 2.16. The van der Waals surface area contributed by atoms with Crippen molar-refractivity contribution < 1.29 is 5.11 Å². The van der Waals surface area contributed by atoms with E-state index in [1.807, 2.05) is 48.5 Å². The van der Waals surface area contributed by atoms with Crippen LogP contribution in [0.2, 0.25) is 0 Å². The Bertz CT molecular complexity index is 1030. The molecule has 0 aliphatic heterocycles. The first kappa shape index (κ1) is 14.6. The minimum atomic E-state index is 0.148. The van der Waals surface area contributed by atoms with Crippen molar-refractivity contribution in [2.75, 3.05) is 5.32 Å². The van der Waals surface area contributed by atoms with Crippen molar-refractivity contribution in [3.63, 3.8) is 0 Å². The van der Waals surface area contributed by atoms with E-state index in [0.717, 1.165) is 38.8 Å². The highest BCUT2D eigenvalue weighted by Crippen LogP contribution is 2.38.